The molecule has 0 spiro atoms. The molecule has 0 fully saturated rings. The number of hydrogen-bond acceptors (Lipinski definition) is 4. The predicted molar refractivity (Wildman–Crippen MR) is 110 cm³/mol. The lowest BCUT2D eigenvalue weighted by Gasteiger charge is -2.05. The zero-order chi connectivity index (χ0) is 18.8. The van der Waals surface area contributed by atoms with Gasteiger partial charge in [-0.15, -0.1) is 0 Å². The molecule has 0 aliphatic rings. The molecule has 3 aromatic rings. The molecule has 0 radical (unpaired) electrons. The lowest BCUT2D eigenvalue weighted by Crippen LogP contribution is -2.60. The second-order valence-electron chi connectivity index (χ2n) is 5.35. The summed E-state index contributed by atoms with van der Waals surface area (Å²) in [7, 11) is 0. The maximum absolute atomic E-state index is 5.73. The van der Waals surface area contributed by atoms with E-state index in [0.717, 1.165) is 28.8 Å². The molecule has 0 amide bonds. The van der Waals surface area contributed by atoms with Crippen LogP contribution in [0.25, 0.3) is 11.5 Å². The topological polar surface area (TPSA) is 88.9 Å². The van der Waals surface area contributed by atoms with Crippen LogP contribution in [0.2, 0.25) is 0 Å². The van der Waals surface area contributed by atoms with E-state index in [-0.39, 0.29) is 5.11 Å². The zero-order valence-corrected chi connectivity index (χ0v) is 16.6. The SMILES string of the molecule is BrCc1ccc(OCCc2coc(-c3ccccc3)n2)cc1.NC([NH3+])=S. The number of benzene rings is 2. The summed E-state index contributed by atoms with van der Waals surface area (Å²) in [5.41, 5.74) is 11.0. The second-order valence-corrected chi connectivity index (χ2v) is 6.44. The number of quaternary nitrogens is 1. The molecule has 136 valence electrons. The van der Waals surface area contributed by atoms with Crippen molar-refractivity contribution < 1.29 is 14.9 Å². The molecule has 7 heteroatoms. The van der Waals surface area contributed by atoms with Crippen molar-refractivity contribution in [1.29, 1.82) is 0 Å². The molecule has 26 heavy (non-hydrogen) atoms. The highest BCUT2D eigenvalue weighted by atomic mass is 79.9. The highest BCUT2D eigenvalue weighted by molar-refractivity contribution is 9.08. The van der Waals surface area contributed by atoms with Gasteiger partial charge in [0, 0.05) is 29.5 Å². The molecule has 2 aromatic carbocycles. The van der Waals surface area contributed by atoms with Crippen LogP contribution < -0.4 is 16.2 Å². The van der Waals surface area contributed by atoms with Gasteiger partial charge in [-0.1, -0.05) is 46.3 Å². The van der Waals surface area contributed by atoms with E-state index in [1.54, 1.807) is 6.26 Å². The van der Waals surface area contributed by atoms with E-state index in [0.29, 0.717) is 12.5 Å². The summed E-state index contributed by atoms with van der Waals surface area (Å²) in [5, 5.41) is 1.11. The molecular weight excluding hydrogens is 414 g/mol. The summed E-state index contributed by atoms with van der Waals surface area (Å²) in [6.45, 7) is 0.578. The van der Waals surface area contributed by atoms with Crippen molar-refractivity contribution in [2.45, 2.75) is 11.8 Å². The quantitative estimate of drug-likeness (QED) is 0.458. The molecule has 3 rings (SSSR count). The number of aromatic nitrogens is 1. The van der Waals surface area contributed by atoms with Gasteiger partial charge in [0.15, 0.2) is 0 Å². The minimum Gasteiger partial charge on any atom is -0.493 e. The van der Waals surface area contributed by atoms with Crippen LogP contribution >= 0.6 is 28.1 Å². The average molecular weight is 435 g/mol. The van der Waals surface area contributed by atoms with Crippen LogP contribution in [0.1, 0.15) is 11.3 Å². The molecule has 1 aromatic heterocycles. The van der Waals surface area contributed by atoms with Gasteiger partial charge in [0.2, 0.25) is 5.89 Å². The summed E-state index contributed by atoms with van der Waals surface area (Å²) in [6, 6.07) is 17.9. The molecule has 0 unspecified atom stereocenters. The van der Waals surface area contributed by atoms with Gasteiger partial charge in [0.05, 0.1) is 12.3 Å². The van der Waals surface area contributed by atoms with Crippen molar-refractivity contribution in [3.8, 4) is 17.2 Å². The first kappa shape index (κ1) is 20.1. The number of nitrogens with two attached hydrogens (primary N) is 1. The van der Waals surface area contributed by atoms with E-state index in [9.17, 15) is 0 Å². The van der Waals surface area contributed by atoms with Crippen LogP contribution in [0, 0.1) is 0 Å². The fourth-order valence-electron chi connectivity index (χ4n) is 2.08. The first-order chi connectivity index (χ1) is 12.6. The van der Waals surface area contributed by atoms with Gasteiger partial charge >= 0.3 is 0 Å². The Bertz CT molecular complexity index is 803. The molecule has 5 nitrogen and oxygen atoms in total. The molecule has 0 atom stereocenters. The lowest BCUT2D eigenvalue weighted by atomic mass is 10.2. The summed E-state index contributed by atoms with van der Waals surface area (Å²) in [5.74, 6) is 1.52. The van der Waals surface area contributed by atoms with Crippen LogP contribution in [-0.4, -0.2) is 16.7 Å². The van der Waals surface area contributed by atoms with Crippen LogP contribution in [0.5, 0.6) is 5.75 Å². The number of oxazole rings is 1. The van der Waals surface area contributed by atoms with E-state index in [1.807, 2.05) is 54.6 Å². The third kappa shape index (κ3) is 6.95. The summed E-state index contributed by atoms with van der Waals surface area (Å²) >= 11 is 7.63. The summed E-state index contributed by atoms with van der Waals surface area (Å²) < 4.78 is 11.2. The van der Waals surface area contributed by atoms with Gasteiger partial charge in [-0.3, -0.25) is 0 Å². The summed E-state index contributed by atoms with van der Waals surface area (Å²) in [4.78, 5) is 4.49. The van der Waals surface area contributed by atoms with E-state index in [2.05, 4.69) is 38.9 Å². The van der Waals surface area contributed by atoms with Crippen LogP contribution in [-0.2, 0) is 11.8 Å². The fraction of sp³-hybridized carbons (Fsp3) is 0.158. The van der Waals surface area contributed by atoms with E-state index in [1.165, 1.54) is 5.56 Å². The zero-order valence-electron chi connectivity index (χ0n) is 14.2. The number of ether oxygens (including phenoxy) is 1. The van der Waals surface area contributed by atoms with Gasteiger partial charge in [-0.2, -0.15) is 0 Å². The van der Waals surface area contributed by atoms with Crippen LogP contribution in [0.15, 0.2) is 65.3 Å². The Morgan fingerprint density at radius 2 is 1.81 bits per heavy atom. The number of halogens is 1. The Morgan fingerprint density at radius 1 is 1.15 bits per heavy atom. The Balaban J connectivity index is 0.000000552. The number of rotatable bonds is 6. The van der Waals surface area contributed by atoms with Gasteiger partial charge in [-0.25, -0.2) is 4.98 Å². The molecule has 0 aliphatic heterocycles. The molecule has 0 saturated carbocycles. The van der Waals surface area contributed by atoms with Crippen molar-refractivity contribution in [3.05, 3.63) is 72.1 Å². The second kappa shape index (κ2) is 10.7. The van der Waals surface area contributed by atoms with E-state index in [4.69, 9.17) is 14.9 Å². The van der Waals surface area contributed by atoms with Crippen LogP contribution in [0.3, 0.4) is 0 Å². The Labute approximate surface area is 166 Å². The van der Waals surface area contributed by atoms with Gasteiger partial charge < -0.3 is 20.6 Å². The van der Waals surface area contributed by atoms with Crippen molar-refractivity contribution in [2.75, 3.05) is 6.61 Å². The normalized spacial score (nSPS) is 9.92. The predicted octanol–water partition coefficient (Wildman–Crippen LogP) is 3.33. The highest BCUT2D eigenvalue weighted by Crippen LogP contribution is 2.18. The Kier molecular flexibility index (Phi) is 8.27. The van der Waals surface area contributed by atoms with E-state index < -0.39 is 0 Å². The Hall–Kier alpha value is -2.22. The Morgan fingerprint density at radius 3 is 2.42 bits per heavy atom. The largest absolute Gasteiger partial charge is 0.493 e. The fourth-order valence-corrected chi connectivity index (χ4v) is 2.46. The van der Waals surface area contributed by atoms with Gasteiger partial charge in [0.1, 0.15) is 12.0 Å². The number of alkyl halides is 1. The first-order valence-electron chi connectivity index (χ1n) is 7.97. The standard InChI is InChI=1S/C18H16BrNO2.CH4N2S/c19-12-14-6-8-17(9-7-14)21-11-10-16-13-22-18(20-16)15-4-2-1-3-5-15;2-1(3)4/h1-9,13H,10-12H2;(H4,2,3,4)/p+1. The maximum atomic E-state index is 5.73. The molecule has 0 bridgehead atoms. The molecule has 0 aliphatic carbocycles. The van der Waals surface area contributed by atoms with Crippen molar-refractivity contribution in [1.82, 2.24) is 4.98 Å². The molecule has 1 heterocycles. The van der Waals surface area contributed by atoms with E-state index >= 15 is 0 Å². The first-order valence-corrected chi connectivity index (χ1v) is 9.50. The minimum absolute atomic E-state index is 0.250. The number of nitrogens with zero attached hydrogens (tertiary/aromatic N) is 1. The third-order valence-corrected chi connectivity index (χ3v) is 3.92. The maximum Gasteiger partial charge on any atom is 0.262 e. The monoisotopic (exact) mass is 434 g/mol. The third-order valence-electron chi connectivity index (χ3n) is 3.28. The van der Waals surface area contributed by atoms with Gasteiger partial charge in [0.25, 0.3) is 5.11 Å². The van der Waals surface area contributed by atoms with Gasteiger partial charge in [-0.05, 0) is 29.8 Å². The smallest absolute Gasteiger partial charge is 0.262 e. The van der Waals surface area contributed by atoms with Crippen molar-refractivity contribution in [2.24, 2.45) is 5.73 Å². The molecule has 0 saturated heterocycles. The number of hydrogen-bond donors (Lipinski definition) is 2. The lowest BCUT2D eigenvalue weighted by molar-refractivity contribution is -0.210. The minimum atomic E-state index is 0.250. The van der Waals surface area contributed by atoms with Crippen molar-refractivity contribution in [3.63, 3.8) is 0 Å². The highest BCUT2D eigenvalue weighted by Gasteiger charge is 2.06. The molecular formula is C19H21BrN3O2S+. The van der Waals surface area contributed by atoms with Crippen molar-refractivity contribution >= 4 is 33.3 Å². The van der Waals surface area contributed by atoms with Crippen LogP contribution in [0.4, 0.5) is 0 Å². The average Bonchev–Trinajstić information content (AvgIpc) is 3.11. The number of thiocarbonyl (C=S) groups is 1. The molecule has 5 N–H and O–H groups in total. The summed E-state index contributed by atoms with van der Waals surface area (Å²) in [6.07, 6.45) is 2.41.